The number of rotatable bonds is 4. The molecule has 0 atom stereocenters. The Hall–Kier alpha value is -2.26. The summed E-state index contributed by atoms with van der Waals surface area (Å²) in [6.45, 7) is 2.01. The van der Waals surface area contributed by atoms with Gasteiger partial charge in [0.05, 0.1) is 17.8 Å². The van der Waals surface area contributed by atoms with Crippen molar-refractivity contribution in [3.63, 3.8) is 0 Å². The third-order valence-electron chi connectivity index (χ3n) is 2.92. The van der Waals surface area contributed by atoms with Crippen LogP contribution < -0.4 is 11.3 Å². The quantitative estimate of drug-likeness (QED) is 0.649. The number of imidazole rings is 1. The van der Waals surface area contributed by atoms with Crippen LogP contribution in [-0.2, 0) is 6.54 Å². The van der Waals surface area contributed by atoms with Crippen molar-refractivity contribution in [2.45, 2.75) is 23.5 Å². The average molecular weight is 307 g/mol. The van der Waals surface area contributed by atoms with Crippen molar-refractivity contribution in [2.24, 2.45) is 0 Å². The topological polar surface area (TPSA) is 123 Å². The van der Waals surface area contributed by atoms with Gasteiger partial charge >= 0.3 is 0 Å². The average Bonchev–Trinajstić information content (AvgIpc) is 2.97. The normalized spacial score (nSPS) is 11.3. The van der Waals surface area contributed by atoms with Gasteiger partial charge in [0.15, 0.2) is 16.3 Å². The zero-order valence-electron chi connectivity index (χ0n) is 11.2. The molecular weight excluding hydrogens is 294 g/mol. The molecule has 0 amide bonds. The van der Waals surface area contributed by atoms with Gasteiger partial charge in [0.25, 0.3) is 5.56 Å². The molecule has 0 aliphatic heterocycles. The molecule has 4 N–H and O–H groups in total. The van der Waals surface area contributed by atoms with Crippen LogP contribution in [0, 0.1) is 6.92 Å². The number of aryl methyl sites for hydroxylation is 1. The summed E-state index contributed by atoms with van der Waals surface area (Å²) in [5.74, 6) is 0.770. The molecule has 0 radical (unpaired) electrons. The Balaban J connectivity index is 2.17. The zero-order valence-corrected chi connectivity index (χ0v) is 12.0. The van der Waals surface area contributed by atoms with E-state index in [2.05, 4.69) is 15.0 Å². The summed E-state index contributed by atoms with van der Waals surface area (Å²) in [6.07, 6.45) is 1.58. The van der Waals surface area contributed by atoms with Crippen LogP contribution in [-0.4, -0.2) is 31.2 Å². The summed E-state index contributed by atoms with van der Waals surface area (Å²) < 4.78 is 6.91. The number of aromatic amines is 1. The number of aliphatic hydroxyl groups is 1. The Kier molecular flexibility index (Phi) is 3.43. The number of anilines is 1. The van der Waals surface area contributed by atoms with Crippen molar-refractivity contribution >= 4 is 28.9 Å². The third-order valence-corrected chi connectivity index (χ3v) is 4.06. The van der Waals surface area contributed by atoms with E-state index < -0.39 is 5.56 Å². The second-order valence-corrected chi connectivity index (χ2v) is 5.35. The fourth-order valence-corrected chi connectivity index (χ4v) is 2.90. The van der Waals surface area contributed by atoms with Crippen LogP contribution in [0.2, 0.25) is 0 Å². The first-order valence-corrected chi connectivity index (χ1v) is 7.00. The highest BCUT2D eigenvalue weighted by Crippen LogP contribution is 2.31. The summed E-state index contributed by atoms with van der Waals surface area (Å²) in [5, 5.41) is 9.77. The Morgan fingerprint density at radius 1 is 1.52 bits per heavy atom. The van der Waals surface area contributed by atoms with Gasteiger partial charge in [-0.15, -0.1) is 0 Å². The van der Waals surface area contributed by atoms with E-state index in [0.29, 0.717) is 10.8 Å². The van der Waals surface area contributed by atoms with E-state index in [0.717, 1.165) is 10.7 Å². The monoisotopic (exact) mass is 307 g/mol. The molecule has 3 rings (SSSR count). The molecule has 110 valence electrons. The van der Waals surface area contributed by atoms with Gasteiger partial charge in [0.2, 0.25) is 5.95 Å². The lowest BCUT2D eigenvalue weighted by Crippen LogP contribution is -2.12. The smallest absolute Gasteiger partial charge is 0.280 e. The number of H-pyrrole nitrogens is 1. The fraction of sp³-hybridized carbons (Fsp3) is 0.250. The van der Waals surface area contributed by atoms with Gasteiger partial charge in [0.1, 0.15) is 5.76 Å². The molecule has 0 aromatic carbocycles. The minimum Gasteiger partial charge on any atom is -0.468 e. The van der Waals surface area contributed by atoms with Gasteiger partial charge in [-0.3, -0.25) is 9.78 Å². The number of hydrogen-bond acceptors (Lipinski definition) is 7. The van der Waals surface area contributed by atoms with Gasteiger partial charge in [-0.25, -0.2) is 4.98 Å². The SMILES string of the molecule is Cc1occc1Sc1nc2c(=O)[nH]c(N)nc2n1CCO. The Morgan fingerprint density at radius 3 is 3.00 bits per heavy atom. The standard InChI is InChI=1S/C12H13N5O3S/c1-6-7(2-5-20-6)21-12-14-8-9(17(12)3-4-18)15-11(13)16-10(8)19/h2,5,18H,3-4H2,1H3,(H3,13,15,16,19). The van der Waals surface area contributed by atoms with Gasteiger partial charge in [-0.2, -0.15) is 4.98 Å². The number of aromatic nitrogens is 4. The molecule has 8 nitrogen and oxygen atoms in total. The van der Waals surface area contributed by atoms with E-state index in [-0.39, 0.29) is 24.6 Å². The predicted octanol–water partition coefficient (Wildman–Crippen LogP) is 0.747. The van der Waals surface area contributed by atoms with Crippen LogP contribution in [0.25, 0.3) is 11.2 Å². The molecule has 21 heavy (non-hydrogen) atoms. The number of furan rings is 1. The molecular formula is C12H13N5O3S. The van der Waals surface area contributed by atoms with Crippen LogP contribution in [0.3, 0.4) is 0 Å². The van der Waals surface area contributed by atoms with E-state index in [1.165, 1.54) is 11.8 Å². The summed E-state index contributed by atoms with van der Waals surface area (Å²) in [7, 11) is 0. The van der Waals surface area contributed by atoms with Crippen molar-refractivity contribution < 1.29 is 9.52 Å². The van der Waals surface area contributed by atoms with Crippen LogP contribution in [0.5, 0.6) is 0 Å². The van der Waals surface area contributed by atoms with Crippen LogP contribution in [0.1, 0.15) is 5.76 Å². The molecule has 0 saturated heterocycles. The predicted molar refractivity (Wildman–Crippen MR) is 77.2 cm³/mol. The largest absolute Gasteiger partial charge is 0.468 e. The van der Waals surface area contributed by atoms with Crippen LogP contribution >= 0.6 is 11.8 Å². The van der Waals surface area contributed by atoms with Gasteiger partial charge < -0.3 is 19.8 Å². The molecule has 0 aliphatic rings. The number of fused-ring (bicyclic) bond motifs is 1. The number of hydrogen-bond donors (Lipinski definition) is 3. The van der Waals surface area contributed by atoms with Crippen molar-refractivity contribution in [3.05, 3.63) is 28.4 Å². The second kappa shape index (κ2) is 5.26. The lowest BCUT2D eigenvalue weighted by molar-refractivity contribution is 0.273. The summed E-state index contributed by atoms with van der Waals surface area (Å²) in [4.78, 5) is 23.6. The highest BCUT2D eigenvalue weighted by molar-refractivity contribution is 7.99. The lowest BCUT2D eigenvalue weighted by Gasteiger charge is -2.05. The van der Waals surface area contributed by atoms with Crippen LogP contribution in [0.15, 0.2) is 31.6 Å². The summed E-state index contributed by atoms with van der Waals surface area (Å²) in [5.41, 5.74) is 5.72. The molecule has 3 heterocycles. The van der Waals surface area contributed by atoms with Crippen molar-refractivity contribution in [1.29, 1.82) is 0 Å². The highest BCUT2D eigenvalue weighted by Gasteiger charge is 2.17. The summed E-state index contributed by atoms with van der Waals surface area (Å²) in [6, 6.07) is 1.81. The number of nitrogens with zero attached hydrogens (tertiary/aromatic N) is 3. The van der Waals surface area contributed by atoms with Crippen molar-refractivity contribution in [1.82, 2.24) is 19.5 Å². The Morgan fingerprint density at radius 2 is 2.33 bits per heavy atom. The minimum atomic E-state index is -0.403. The van der Waals surface area contributed by atoms with E-state index >= 15 is 0 Å². The fourth-order valence-electron chi connectivity index (χ4n) is 1.96. The third kappa shape index (κ3) is 2.41. The van der Waals surface area contributed by atoms with Gasteiger partial charge in [0, 0.05) is 6.54 Å². The lowest BCUT2D eigenvalue weighted by atomic mass is 10.5. The molecule has 9 heteroatoms. The van der Waals surface area contributed by atoms with Gasteiger partial charge in [-0.05, 0) is 24.8 Å². The second-order valence-electron chi connectivity index (χ2n) is 4.34. The number of nitrogen functional groups attached to an aromatic ring is 1. The number of nitrogens with two attached hydrogens (primary N) is 1. The van der Waals surface area contributed by atoms with E-state index in [9.17, 15) is 9.90 Å². The maximum absolute atomic E-state index is 11.9. The first-order chi connectivity index (χ1) is 10.1. The minimum absolute atomic E-state index is 0.0163. The molecule has 0 aliphatic carbocycles. The Labute approximate surface area is 123 Å². The Bertz CT molecular complexity index is 850. The van der Waals surface area contributed by atoms with Crippen molar-refractivity contribution in [2.75, 3.05) is 12.3 Å². The maximum Gasteiger partial charge on any atom is 0.280 e. The van der Waals surface area contributed by atoms with E-state index in [1.807, 2.05) is 13.0 Å². The summed E-state index contributed by atoms with van der Waals surface area (Å²) >= 11 is 1.34. The molecule has 0 unspecified atom stereocenters. The van der Waals surface area contributed by atoms with Crippen LogP contribution in [0.4, 0.5) is 5.95 Å². The highest BCUT2D eigenvalue weighted by atomic mass is 32.2. The molecule has 3 aromatic rings. The number of aliphatic hydroxyl groups excluding tert-OH is 1. The first-order valence-electron chi connectivity index (χ1n) is 6.19. The first kappa shape index (κ1) is 13.7. The molecule has 0 spiro atoms. The van der Waals surface area contributed by atoms with Gasteiger partial charge in [-0.1, -0.05) is 0 Å². The van der Waals surface area contributed by atoms with E-state index in [4.69, 9.17) is 10.2 Å². The number of nitrogens with one attached hydrogen (secondary N) is 1. The zero-order chi connectivity index (χ0) is 15.0. The molecule has 0 saturated carbocycles. The molecule has 0 bridgehead atoms. The van der Waals surface area contributed by atoms with Crippen molar-refractivity contribution in [3.8, 4) is 0 Å². The molecule has 0 fully saturated rings. The molecule has 3 aromatic heterocycles. The van der Waals surface area contributed by atoms with E-state index in [1.54, 1.807) is 10.8 Å². The maximum atomic E-state index is 11.9.